The molecule has 2 unspecified atom stereocenters. The van der Waals surface area contributed by atoms with Crippen LogP contribution < -0.4 is 10.6 Å². The van der Waals surface area contributed by atoms with Gasteiger partial charge in [-0.3, -0.25) is 9.69 Å². The van der Waals surface area contributed by atoms with Crippen molar-refractivity contribution in [3.8, 4) is 0 Å². The van der Waals surface area contributed by atoms with Gasteiger partial charge < -0.3 is 15.4 Å². The van der Waals surface area contributed by atoms with Gasteiger partial charge in [-0.2, -0.15) is 0 Å². The molecule has 1 aromatic heterocycles. The Hall–Kier alpha value is -2.31. The highest BCUT2D eigenvalue weighted by Gasteiger charge is 2.52. The number of amides is 2. The topological polar surface area (TPSA) is 88.8 Å². The number of hydrogen-bond donors (Lipinski definition) is 1. The van der Waals surface area contributed by atoms with Gasteiger partial charge in [0.1, 0.15) is 17.5 Å². The molecule has 0 aromatic carbocycles. The van der Waals surface area contributed by atoms with Crippen molar-refractivity contribution in [1.82, 2.24) is 9.88 Å². The van der Waals surface area contributed by atoms with E-state index in [0.29, 0.717) is 18.8 Å². The van der Waals surface area contributed by atoms with Gasteiger partial charge in [0.2, 0.25) is 5.91 Å². The van der Waals surface area contributed by atoms with Crippen molar-refractivity contribution in [3.63, 3.8) is 0 Å². The molecule has 2 aliphatic rings. The van der Waals surface area contributed by atoms with E-state index in [0.717, 1.165) is 5.69 Å². The molecule has 2 aliphatic heterocycles. The highest BCUT2D eigenvalue weighted by atomic mass is 16.6. The van der Waals surface area contributed by atoms with E-state index in [1.165, 1.54) is 4.90 Å². The van der Waals surface area contributed by atoms with Crippen molar-refractivity contribution in [2.75, 3.05) is 17.2 Å². The summed E-state index contributed by atoms with van der Waals surface area (Å²) >= 11 is 0. The lowest BCUT2D eigenvalue weighted by Gasteiger charge is -2.34. The molecule has 7 heteroatoms. The first-order chi connectivity index (χ1) is 10.3. The Labute approximate surface area is 129 Å². The Morgan fingerprint density at radius 3 is 2.68 bits per heavy atom. The van der Waals surface area contributed by atoms with E-state index >= 15 is 0 Å². The molecule has 0 aliphatic carbocycles. The van der Waals surface area contributed by atoms with Crippen LogP contribution in [0.25, 0.3) is 0 Å². The van der Waals surface area contributed by atoms with Crippen LogP contribution in [0, 0.1) is 0 Å². The second kappa shape index (κ2) is 4.86. The van der Waals surface area contributed by atoms with E-state index in [2.05, 4.69) is 4.98 Å². The number of likely N-dealkylation sites (tertiary alicyclic amines) is 1. The highest BCUT2D eigenvalue weighted by molar-refractivity contribution is 6.03. The van der Waals surface area contributed by atoms with Crippen molar-refractivity contribution >= 4 is 23.5 Å². The fourth-order valence-corrected chi connectivity index (χ4v) is 2.98. The van der Waals surface area contributed by atoms with Crippen molar-refractivity contribution in [3.05, 3.63) is 18.3 Å². The zero-order valence-corrected chi connectivity index (χ0v) is 12.9. The summed E-state index contributed by atoms with van der Waals surface area (Å²) in [5, 5.41) is 0. The highest BCUT2D eigenvalue weighted by Crippen LogP contribution is 2.36. The minimum atomic E-state index is -0.567. The molecule has 118 valence electrons. The standard InChI is InChI=1S/C15H20N4O3/c1-15(2,3)22-14(21)18-8-10-6-11(18)13(20)19(10)9-4-5-12(16)17-7-9/h4-5,7,10-11H,6,8H2,1-3H3,(H2,16,17). The smallest absolute Gasteiger partial charge is 0.411 e. The zero-order chi connectivity index (χ0) is 16.1. The third kappa shape index (κ3) is 2.47. The van der Waals surface area contributed by atoms with Crippen LogP contribution in [0.3, 0.4) is 0 Å². The van der Waals surface area contributed by atoms with Gasteiger partial charge in [-0.25, -0.2) is 9.78 Å². The largest absolute Gasteiger partial charge is 0.444 e. The minimum absolute atomic E-state index is 0.0320. The van der Waals surface area contributed by atoms with Gasteiger partial charge in [-0.1, -0.05) is 0 Å². The number of carbonyl (C=O) groups is 2. The molecule has 3 rings (SSSR count). The van der Waals surface area contributed by atoms with Crippen LogP contribution in [-0.4, -0.2) is 46.1 Å². The molecule has 2 N–H and O–H groups in total. The fraction of sp³-hybridized carbons (Fsp3) is 0.533. The quantitative estimate of drug-likeness (QED) is 0.847. The van der Waals surface area contributed by atoms with E-state index in [1.807, 2.05) is 20.8 Å². The molecule has 2 fully saturated rings. The van der Waals surface area contributed by atoms with Crippen LogP contribution in [0.4, 0.5) is 16.3 Å². The zero-order valence-electron chi connectivity index (χ0n) is 12.9. The number of fused-ring (bicyclic) bond motifs is 2. The molecule has 1 aromatic rings. The van der Waals surface area contributed by atoms with Crippen LogP contribution in [0.1, 0.15) is 27.2 Å². The SMILES string of the molecule is CC(C)(C)OC(=O)N1CC2CC1C(=O)N2c1ccc(N)nc1. The second-order valence-corrected chi connectivity index (χ2v) is 6.69. The summed E-state index contributed by atoms with van der Waals surface area (Å²) in [5.41, 5.74) is 5.72. The van der Waals surface area contributed by atoms with Crippen LogP contribution >= 0.6 is 0 Å². The van der Waals surface area contributed by atoms with Gasteiger partial charge in [0.25, 0.3) is 0 Å². The van der Waals surface area contributed by atoms with E-state index in [4.69, 9.17) is 10.5 Å². The molecule has 2 amide bonds. The molecule has 0 spiro atoms. The van der Waals surface area contributed by atoms with E-state index < -0.39 is 17.7 Å². The van der Waals surface area contributed by atoms with Crippen molar-refractivity contribution in [2.24, 2.45) is 0 Å². The first-order valence-electron chi connectivity index (χ1n) is 7.30. The molecule has 0 saturated carbocycles. The van der Waals surface area contributed by atoms with Gasteiger partial charge >= 0.3 is 6.09 Å². The number of nitrogens with two attached hydrogens (primary N) is 1. The molecule has 22 heavy (non-hydrogen) atoms. The van der Waals surface area contributed by atoms with Crippen LogP contribution in [-0.2, 0) is 9.53 Å². The Balaban J connectivity index is 1.75. The van der Waals surface area contributed by atoms with Gasteiger partial charge in [0.15, 0.2) is 0 Å². The normalized spacial score (nSPS) is 24.0. The van der Waals surface area contributed by atoms with Crippen molar-refractivity contribution in [2.45, 2.75) is 44.9 Å². The number of nitrogen functional groups attached to an aromatic ring is 1. The molecule has 3 heterocycles. The van der Waals surface area contributed by atoms with E-state index in [-0.39, 0.29) is 11.9 Å². The third-order valence-corrected chi connectivity index (χ3v) is 3.84. The number of pyridine rings is 1. The lowest BCUT2D eigenvalue weighted by Crippen LogP contribution is -2.53. The molecule has 2 bridgehead atoms. The van der Waals surface area contributed by atoms with Gasteiger partial charge in [-0.05, 0) is 39.3 Å². The van der Waals surface area contributed by atoms with E-state index in [9.17, 15) is 9.59 Å². The maximum Gasteiger partial charge on any atom is 0.411 e. The number of rotatable bonds is 1. The average molecular weight is 304 g/mol. The first kappa shape index (κ1) is 14.6. The van der Waals surface area contributed by atoms with E-state index in [1.54, 1.807) is 23.2 Å². The third-order valence-electron chi connectivity index (χ3n) is 3.84. The summed E-state index contributed by atoms with van der Waals surface area (Å²) in [6, 6.07) is 2.96. The Morgan fingerprint density at radius 2 is 2.14 bits per heavy atom. The van der Waals surface area contributed by atoms with Crippen LogP contribution in [0.15, 0.2) is 18.3 Å². The number of nitrogens with zero attached hydrogens (tertiary/aromatic N) is 3. The maximum atomic E-state index is 12.6. The summed E-state index contributed by atoms with van der Waals surface area (Å²) < 4.78 is 5.37. The number of aromatic nitrogens is 1. The lowest BCUT2D eigenvalue weighted by molar-refractivity contribution is -0.122. The Morgan fingerprint density at radius 1 is 1.41 bits per heavy atom. The Bertz CT molecular complexity index is 608. The van der Waals surface area contributed by atoms with Gasteiger partial charge in [0, 0.05) is 6.54 Å². The second-order valence-electron chi connectivity index (χ2n) is 6.69. The summed E-state index contributed by atoms with van der Waals surface area (Å²) in [6.45, 7) is 5.92. The minimum Gasteiger partial charge on any atom is -0.444 e. The molecule has 7 nitrogen and oxygen atoms in total. The van der Waals surface area contributed by atoms with Crippen LogP contribution in [0.2, 0.25) is 0 Å². The number of carbonyl (C=O) groups excluding carboxylic acids is 2. The molecular formula is C15H20N4O3. The number of piperazine rings is 1. The Kier molecular flexibility index (Phi) is 3.23. The lowest BCUT2D eigenvalue weighted by atomic mass is 10.2. The van der Waals surface area contributed by atoms with Gasteiger partial charge in [-0.15, -0.1) is 0 Å². The molecule has 2 atom stereocenters. The number of hydrogen-bond acceptors (Lipinski definition) is 5. The van der Waals surface area contributed by atoms with Crippen molar-refractivity contribution < 1.29 is 14.3 Å². The first-order valence-corrected chi connectivity index (χ1v) is 7.30. The monoisotopic (exact) mass is 304 g/mol. The molecular weight excluding hydrogens is 284 g/mol. The summed E-state index contributed by atoms with van der Waals surface area (Å²) in [4.78, 5) is 32.0. The maximum absolute atomic E-state index is 12.6. The predicted octanol–water partition coefficient (Wildman–Crippen LogP) is 1.39. The fourth-order valence-electron chi connectivity index (χ4n) is 2.98. The van der Waals surface area contributed by atoms with Crippen LogP contribution in [0.5, 0.6) is 0 Å². The number of ether oxygens (including phenoxy) is 1. The summed E-state index contributed by atoms with van der Waals surface area (Å²) in [7, 11) is 0. The van der Waals surface area contributed by atoms with Crippen molar-refractivity contribution in [1.29, 1.82) is 0 Å². The summed E-state index contributed by atoms with van der Waals surface area (Å²) in [5.74, 6) is 0.324. The molecule has 0 radical (unpaired) electrons. The number of anilines is 2. The average Bonchev–Trinajstić information content (AvgIpc) is 2.96. The molecule has 2 saturated heterocycles. The van der Waals surface area contributed by atoms with Gasteiger partial charge in [0.05, 0.1) is 17.9 Å². The summed E-state index contributed by atoms with van der Waals surface area (Å²) in [6.07, 6.45) is 1.79. The predicted molar refractivity (Wildman–Crippen MR) is 81.3 cm³/mol.